The SMILES string of the molecule is [C-]#[N+][C@@H]1C[C@@]2(CN1C(=O)[C@H](CC(C)(C)C)N(C)C(=O)[C@H](C)NC(=O)CCOCCOC)C(=O)Nc1ccccc12. The van der Waals surface area contributed by atoms with E-state index < -0.39 is 29.6 Å². The van der Waals surface area contributed by atoms with Gasteiger partial charge in [-0.15, -0.1) is 0 Å². The predicted octanol–water partition coefficient (Wildman–Crippen LogP) is 2.18. The molecule has 2 aliphatic heterocycles. The molecule has 0 unspecified atom stereocenters. The van der Waals surface area contributed by atoms with Gasteiger partial charge in [0, 0.05) is 32.8 Å². The summed E-state index contributed by atoms with van der Waals surface area (Å²) in [4.78, 5) is 59.6. The van der Waals surface area contributed by atoms with Gasteiger partial charge in [0.2, 0.25) is 17.7 Å². The van der Waals surface area contributed by atoms with Crippen LogP contribution in [0.3, 0.4) is 0 Å². The summed E-state index contributed by atoms with van der Waals surface area (Å²) in [7, 11) is 3.11. The Morgan fingerprint density at radius 3 is 2.60 bits per heavy atom. The molecule has 2 heterocycles. The zero-order valence-corrected chi connectivity index (χ0v) is 24.3. The van der Waals surface area contributed by atoms with Crippen LogP contribution in [0.4, 0.5) is 5.69 Å². The summed E-state index contributed by atoms with van der Waals surface area (Å²) in [6.45, 7) is 16.4. The standard InChI is InChI=1S/C29H41N5O6/c1-19(31-24(35)12-13-40-15-14-39-7)25(36)33(6)22(16-28(2,3)4)26(37)34-18-29(17-23(34)30-5)20-10-8-9-11-21(20)32-27(29)38/h8-11,19,22-23H,12-18H2,1-4,6-7H3,(H,31,35)(H,32,38)/t19-,22-,23-,29-/m0/s1. The van der Waals surface area contributed by atoms with E-state index in [-0.39, 0.29) is 49.1 Å². The third-order valence-corrected chi connectivity index (χ3v) is 7.45. The second-order valence-electron chi connectivity index (χ2n) is 11.7. The fourth-order valence-electron chi connectivity index (χ4n) is 5.36. The van der Waals surface area contributed by atoms with Crippen LogP contribution in [0.5, 0.6) is 0 Å². The van der Waals surface area contributed by atoms with E-state index in [0.717, 1.165) is 5.56 Å². The number of benzene rings is 1. The van der Waals surface area contributed by atoms with Crippen LogP contribution in [-0.4, -0.2) is 92.2 Å². The molecule has 4 atom stereocenters. The summed E-state index contributed by atoms with van der Waals surface area (Å²) in [5.74, 6) is -1.37. The molecule has 2 aliphatic rings. The molecule has 0 saturated carbocycles. The number of nitrogens with one attached hydrogen (secondary N) is 2. The highest BCUT2D eigenvalue weighted by molar-refractivity contribution is 6.07. The van der Waals surface area contributed by atoms with Crippen molar-refractivity contribution in [2.45, 2.75) is 70.6 Å². The normalized spacial score (nSPS) is 21.4. The third kappa shape index (κ3) is 6.80. The lowest BCUT2D eigenvalue weighted by atomic mass is 9.80. The Kier molecular flexibility index (Phi) is 9.92. The highest BCUT2D eigenvalue weighted by Gasteiger charge is 2.59. The number of rotatable bonds is 11. The lowest BCUT2D eigenvalue weighted by Gasteiger charge is -2.36. The molecule has 11 heteroatoms. The summed E-state index contributed by atoms with van der Waals surface area (Å²) < 4.78 is 10.2. The van der Waals surface area contributed by atoms with Gasteiger partial charge in [-0.25, -0.2) is 6.57 Å². The van der Waals surface area contributed by atoms with Gasteiger partial charge >= 0.3 is 6.17 Å². The molecule has 3 rings (SSSR count). The Bertz CT molecular complexity index is 1160. The zero-order valence-electron chi connectivity index (χ0n) is 24.3. The van der Waals surface area contributed by atoms with Crippen molar-refractivity contribution in [1.82, 2.24) is 15.1 Å². The van der Waals surface area contributed by atoms with Gasteiger partial charge in [0.05, 0.1) is 26.2 Å². The summed E-state index contributed by atoms with van der Waals surface area (Å²) in [6.07, 6.45) is -0.240. The molecule has 4 amide bonds. The number of carbonyl (C=O) groups excluding carboxylic acids is 4. The molecule has 0 radical (unpaired) electrons. The van der Waals surface area contributed by atoms with Crippen LogP contribution in [0.1, 0.15) is 52.5 Å². The number of ether oxygens (including phenoxy) is 2. The van der Waals surface area contributed by atoms with Crippen molar-refractivity contribution in [3.8, 4) is 0 Å². The molecule has 1 aromatic rings. The first-order chi connectivity index (χ1) is 18.8. The highest BCUT2D eigenvalue weighted by atomic mass is 16.5. The van der Waals surface area contributed by atoms with E-state index in [2.05, 4.69) is 15.5 Å². The highest BCUT2D eigenvalue weighted by Crippen LogP contribution is 2.47. The minimum atomic E-state index is -1.01. The van der Waals surface area contributed by atoms with Crippen molar-refractivity contribution in [3.05, 3.63) is 41.2 Å². The summed E-state index contributed by atoms with van der Waals surface area (Å²) in [6, 6.07) is 5.59. The lowest BCUT2D eigenvalue weighted by molar-refractivity contribution is -0.147. The number of carbonyl (C=O) groups is 4. The van der Waals surface area contributed by atoms with E-state index >= 15 is 0 Å². The molecule has 40 heavy (non-hydrogen) atoms. The number of likely N-dealkylation sites (tertiary alicyclic amines) is 1. The quantitative estimate of drug-likeness (QED) is 0.319. The molecule has 218 valence electrons. The van der Waals surface area contributed by atoms with Crippen molar-refractivity contribution in [2.24, 2.45) is 5.41 Å². The number of anilines is 1. The number of hydrogen-bond acceptors (Lipinski definition) is 6. The molecule has 1 aromatic carbocycles. The molecule has 1 fully saturated rings. The van der Waals surface area contributed by atoms with Crippen molar-refractivity contribution in [2.75, 3.05) is 45.8 Å². The largest absolute Gasteiger partial charge is 0.382 e. The molecule has 0 aromatic heterocycles. The number of amides is 4. The number of para-hydroxylation sites is 1. The number of methoxy groups -OCH3 is 1. The van der Waals surface area contributed by atoms with Crippen molar-refractivity contribution >= 4 is 29.3 Å². The minimum Gasteiger partial charge on any atom is -0.382 e. The Labute approximate surface area is 236 Å². The van der Waals surface area contributed by atoms with Gasteiger partial charge in [-0.3, -0.25) is 28.9 Å². The number of fused-ring (bicyclic) bond motifs is 2. The first-order valence-corrected chi connectivity index (χ1v) is 13.6. The second-order valence-corrected chi connectivity index (χ2v) is 11.7. The van der Waals surface area contributed by atoms with Crippen molar-refractivity contribution in [3.63, 3.8) is 0 Å². The molecular weight excluding hydrogens is 514 g/mol. The number of likely N-dealkylation sites (N-methyl/N-ethyl adjacent to an activating group) is 1. The van der Waals surface area contributed by atoms with Crippen LogP contribution in [0.15, 0.2) is 24.3 Å². The second kappa shape index (κ2) is 12.8. The fourth-order valence-corrected chi connectivity index (χ4v) is 5.36. The molecular formula is C29H41N5O6. The van der Waals surface area contributed by atoms with E-state index in [1.165, 1.54) is 9.80 Å². The summed E-state index contributed by atoms with van der Waals surface area (Å²) in [5.41, 5.74) is 0.132. The topological polar surface area (TPSA) is 122 Å². The van der Waals surface area contributed by atoms with Crippen LogP contribution in [-0.2, 0) is 34.1 Å². The predicted molar refractivity (Wildman–Crippen MR) is 149 cm³/mol. The average Bonchev–Trinajstić information content (AvgIpc) is 3.43. The van der Waals surface area contributed by atoms with Gasteiger partial charge in [0.1, 0.15) is 17.5 Å². The Balaban J connectivity index is 1.77. The average molecular weight is 556 g/mol. The maximum atomic E-state index is 14.1. The summed E-state index contributed by atoms with van der Waals surface area (Å²) >= 11 is 0. The molecule has 1 saturated heterocycles. The monoisotopic (exact) mass is 555 g/mol. The van der Waals surface area contributed by atoms with Gasteiger partial charge < -0.3 is 25.0 Å². The van der Waals surface area contributed by atoms with Gasteiger partial charge in [-0.1, -0.05) is 39.0 Å². The zero-order chi connectivity index (χ0) is 29.7. The Morgan fingerprint density at radius 1 is 1.25 bits per heavy atom. The Morgan fingerprint density at radius 2 is 1.95 bits per heavy atom. The molecule has 1 spiro atoms. The van der Waals surface area contributed by atoms with Gasteiger partial charge in [-0.05, 0) is 30.4 Å². The van der Waals surface area contributed by atoms with Crippen molar-refractivity contribution in [1.29, 1.82) is 0 Å². The number of nitrogens with zero attached hydrogens (tertiary/aromatic N) is 3. The van der Waals surface area contributed by atoms with E-state index in [4.69, 9.17) is 16.0 Å². The van der Waals surface area contributed by atoms with E-state index in [1.807, 2.05) is 45.0 Å². The molecule has 2 N–H and O–H groups in total. The lowest BCUT2D eigenvalue weighted by Crippen LogP contribution is -2.56. The summed E-state index contributed by atoms with van der Waals surface area (Å²) in [5, 5.41) is 5.59. The van der Waals surface area contributed by atoms with E-state index in [0.29, 0.717) is 25.3 Å². The van der Waals surface area contributed by atoms with Gasteiger partial charge in [-0.2, -0.15) is 0 Å². The molecule has 0 bridgehead atoms. The number of hydrogen-bond donors (Lipinski definition) is 2. The van der Waals surface area contributed by atoms with Crippen molar-refractivity contribution < 1.29 is 28.7 Å². The smallest absolute Gasteiger partial charge is 0.302 e. The van der Waals surface area contributed by atoms with Crippen LogP contribution in [0.25, 0.3) is 4.85 Å². The molecule has 0 aliphatic carbocycles. The van der Waals surface area contributed by atoms with Gasteiger partial charge in [0.25, 0.3) is 5.91 Å². The maximum Gasteiger partial charge on any atom is 0.302 e. The fraction of sp³-hybridized carbons (Fsp3) is 0.621. The third-order valence-electron chi connectivity index (χ3n) is 7.45. The first kappa shape index (κ1) is 31.0. The van der Waals surface area contributed by atoms with Crippen LogP contribution in [0.2, 0.25) is 0 Å². The van der Waals surface area contributed by atoms with Gasteiger partial charge in [0.15, 0.2) is 0 Å². The van der Waals surface area contributed by atoms with Crippen LogP contribution in [0, 0.1) is 12.0 Å². The maximum absolute atomic E-state index is 14.1. The van der Waals surface area contributed by atoms with Crippen LogP contribution < -0.4 is 10.6 Å². The minimum absolute atomic E-state index is 0.0553. The first-order valence-electron chi connectivity index (χ1n) is 13.6. The molecule has 11 nitrogen and oxygen atoms in total. The van der Waals surface area contributed by atoms with Crippen LogP contribution >= 0.6 is 0 Å². The van der Waals surface area contributed by atoms with E-state index in [9.17, 15) is 19.2 Å². The van der Waals surface area contributed by atoms with E-state index in [1.54, 1.807) is 21.1 Å². The Hall–Kier alpha value is -3.49.